The van der Waals surface area contributed by atoms with Gasteiger partial charge in [0.05, 0.1) is 18.3 Å². The Balaban J connectivity index is 2.17. The molecule has 0 saturated heterocycles. The molecule has 0 aromatic heterocycles. The van der Waals surface area contributed by atoms with Gasteiger partial charge in [0.1, 0.15) is 19.0 Å². The van der Waals surface area contributed by atoms with Gasteiger partial charge in [0.15, 0.2) is 11.5 Å². The molecule has 1 saturated carbocycles. The largest absolute Gasteiger partial charge is 0.496 e. The third-order valence-corrected chi connectivity index (χ3v) is 3.08. The van der Waals surface area contributed by atoms with Gasteiger partial charge in [0.25, 0.3) is 0 Å². The lowest BCUT2D eigenvalue weighted by atomic mass is 10.0. The van der Waals surface area contributed by atoms with Gasteiger partial charge in [-0.25, -0.2) is 0 Å². The topological polar surface area (TPSA) is 47.9 Å². The lowest BCUT2D eigenvalue weighted by Crippen LogP contribution is -2.19. The summed E-state index contributed by atoms with van der Waals surface area (Å²) in [5.74, 6) is 2.01. The Labute approximate surface area is 93.7 Å². The zero-order valence-corrected chi connectivity index (χ0v) is 9.16. The zero-order valence-electron chi connectivity index (χ0n) is 9.16. The number of aliphatic hydroxyl groups is 1. The molecule has 4 nitrogen and oxygen atoms in total. The third kappa shape index (κ3) is 1.33. The Kier molecular flexibility index (Phi) is 2.01. The smallest absolute Gasteiger partial charge is 0.171 e. The van der Waals surface area contributed by atoms with E-state index in [-0.39, 0.29) is 0 Å². The maximum absolute atomic E-state index is 10.3. The van der Waals surface area contributed by atoms with Crippen molar-refractivity contribution < 1.29 is 19.3 Å². The number of methoxy groups -OCH3 is 1. The lowest BCUT2D eigenvalue weighted by molar-refractivity contribution is 0.126. The molecule has 1 fully saturated rings. The van der Waals surface area contributed by atoms with Gasteiger partial charge in [-0.05, 0) is 25.0 Å². The van der Waals surface area contributed by atoms with E-state index >= 15 is 0 Å². The van der Waals surface area contributed by atoms with Crippen LogP contribution in [0.25, 0.3) is 0 Å². The first-order chi connectivity index (χ1) is 7.74. The number of rotatable bonds is 2. The van der Waals surface area contributed by atoms with Crippen molar-refractivity contribution in [3.63, 3.8) is 0 Å². The average molecular weight is 222 g/mol. The van der Waals surface area contributed by atoms with E-state index in [1.807, 2.05) is 12.1 Å². The van der Waals surface area contributed by atoms with Crippen LogP contribution in [0.5, 0.6) is 17.2 Å². The first-order valence-corrected chi connectivity index (χ1v) is 5.44. The van der Waals surface area contributed by atoms with Gasteiger partial charge in [-0.3, -0.25) is 0 Å². The Morgan fingerprint density at radius 1 is 1.25 bits per heavy atom. The van der Waals surface area contributed by atoms with E-state index in [1.165, 1.54) is 0 Å². The van der Waals surface area contributed by atoms with E-state index in [0.717, 1.165) is 18.4 Å². The maximum atomic E-state index is 10.3. The van der Waals surface area contributed by atoms with Gasteiger partial charge in [-0.2, -0.15) is 0 Å². The molecule has 1 aromatic carbocycles. The molecule has 1 aromatic rings. The van der Waals surface area contributed by atoms with Crippen molar-refractivity contribution in [2.24, 2.45) is 0 Å². The molecule has 16 heavy (non-hydrogen) atoms. The molecule has 2 aliphatic rings. The lowest BCUT2D eigenvalue weighted by Gasteiger charge is -2.24. The van der Waals surface area contributed by atoms with Crippen molar-refractivity contribution in [3.8, 4) is 17.2 Å². The second kappa shape index (κ2) is 3.28. The summed E-state index contributed by atoms with van der Waals surface area (Å²) >= 11 is 0. The highest BCUT2D eigenvalue weighted by Gasteiger charge is 2.47. The molecule has 0 unspecified atom stereocenters. The molecule has 3 rings (SSSR count). The van der Waals surface area contributed by atoms with Gasteiger partial charge in [0, 0.05) is 0 Å². The van der Waals surface area contributed by atoms with Crippen molar-refractivity contribution in [1.82, 2.24) is 0 Å². The molecule has 4 heteroatoms. The summed E-state index contributed by atoms with van der Waals surface area (Å²) in [6.07, 6.45) is 1.51. The number of hydrogen-bond acceptors (Lipinski definition) is 4. The minimum Gasteiger partial charge on any atom is -0.496 e. The van der Waals surface area contributed by atoms with E-state index in [2.05, 4.69) is 0 Å². The monoisotopic (exact) mass is 222 g/mol. The summed E-state index contributed by atoms with van der Waals surface area (Å²) in [6, 6.07) is 3.64. The summed E-state index contributed by atoms with van der Waals surface area (Å²) in [5, 5.41) is 10.3. The van der Waals surface area contributed by atoms with Gasteiger partial charge >= 0.3 is 0 Å². The van der Waals surface area contributed by atoms with Crippen LogP contribution in [0.3, 0.4) is 0 Å². The molecule has 0 atom stereocenters. The van der Waals surface area contributed by atoms with Gasteiger partial charge in [-0.1, -0.05) is 0 Å². The number of ether oxygens (including phenoxy) is 3. The van der Waals surface area contributed by atoms with Crippen molar-refractivity contribution >= 4 is 0 Å². The molecule has 1 aliphatic heterocycles. The van der Waals surface area contributed by atoms with Gasteiger partial charge in [0.2, 0.25) is 0 Å². The van der Waals surface area contributed by atoms with Crippen LogP contribution in [0.1, 0.15) is 18.4 Å². The first kappa shape index (κ1) is 9.78. The van der Waals surface area contributed by atoms with Crippen LogP contribution < -0.4 is 14.2 Å². The van der Waals surface area contributed by atoms with Crippen LogP contribution >= 0.6 is 0 Å². The van der Waals surface area contributed by atoms with Crippen LogP contribution in [0, 0.1) is 0 Å². The Hall–Kier alpha value is -1.42. The summed E-state index contributed by atoms with van der Waals surface area (Å²) in [7, 11) is 1.60. The fourth-order valence-electron chi connectivity index (χ4n) is 2.08. The Morgan fingerprint density at radius 3 is 2.69 bits per heavy atom. The highest BCUT2D eigenvalue weighted by atomic mass is 16.6. The van der Waals surface area contributed by atoms with Crippen molar-refractivity contribution in [2.45, 2.75) is 18.4 Å². The average Bonchev–Trinajstić information content (AvgIpc) is 3.06. The zero-order chi connectivity index (χ0) is 11.2. The van der Waals surface area contributed by atoms with E-state index in [4.69, 9.17) is 14.2 Å². The molecular formula is C12H14O4. The van der Waals surface area contributed by atoms with Crippen LogP contribution in [-0.2, 0) is 5.60 Å². The van der Waals surface area contributed by atoms with Crippen molar-refractivity contribution in [3.05, 3.63) is 17.7 Å². The minimum absolute atomic E-state index is 0.517. The van der Waals surface area contributed by atoms with E-state index < -0.39 is 5.60 Å². The maximum Gasteiger partial charge on any atom is 0.171 e. The van der Waals surface area contributed by atoms with Crippen LogP contribution in [0.2, 0.25) is 0 Å². The summed E-state index contributed by atoms with van der Waals surface area (Å²) < 4.78 is 16.4. The summed E-state index contributed by atoms with van der Waals surface area (Å²) in [4.78, 5) is 0. The van der Waals surface area contributed by atoms with E-state index in [1.54, 1.807) is 7.11 Å². The van der Waals surface area contributed by atoms with Crippen molar-refractivity contribution in [2.75, 3.05) is 20.3 Å². The van der Waals surface area contributed by atoms with Crippen LogP contribution in [-0.4, -0.2) is 25.4 Å². The molecular weight excluding hydrogens is 208 g/mol. The second-order valence-corrected chi connectivity index (χ2v) is 4.20. The second-order valence-electron chi connectivity index (χ2n) is 4.20. The van der Waals surface area contributed by atoms with E-state index in [9.17, 15) is 5.11 Å². The fourth-order valence-corrected chi connectivity index (χ4v) is 2.08. The summed E-state index contributed by atoms with van der Waals surface area (Å²) in [6.45, 7) is 1.07. The fraction of sp³-hybridized carbons (Fsp3) is 0.500. The van der Waals surface area contributed by atoms with E-state index in [0.29, 0.717) is 30.5 Å². The predicted octanol–water partition coefficient (Wildman–Crippen LogP) is 1.45. The molecule has 1 heterocycles. The predicted molar refractivity (Wildman–Crippen MR) is 57.1 cm³/mol. The number of fused-ring (bicyclic) bond motifs is 1. The molecule has 0 spiro atoms. The van der Waals surface area contributed by atoms with Gasteiger partial charge < -0.3 is 19.3 Å². The number of benzene rings is 1. The Morgan fingerprint density at radius 2 is 2.00 bits per heavy atom. The molecule has 1 N–H and O–H groups in total. The van der Waals surface area contributed by atoms with Gasteiger partial charge in [-0.15, -0.1) is 0 Å². The van der Waals surface area contributed by atoms with Crippen molar-refractivity contribution in [1.29, 1.82) is 0 Å². The standard InChI is InChI=1S/C12H14O4/c1-14-8-2-3-9-11(16-7-6-15-9)10(8)12(13)4-5-12/h2-3,13H,4-7H2,1H3. The minimum atomic E-state index is -0.780. The first-order valence-electron chi connectivity index (χ1n) is 5.44. The molecule has 0 radical (unpaired) electrons. The third-order valence-electron chi connectivity index (χ3n) is 3.08. The molecule has 86 valence electrons. The highest BCUT2D eigenvalue weighted by molar-refractivity contribution is 5.58. The molecule has 0 bridgehead atoms. The van der Waals surface area contributed by atoms with Crippen LogP contribution in [0.4, 0.5) is 0 Å². The Bertz CT molecular complexity index is 423. The number of hydrogen-bond donors (Lipinski definition) is 1. The highest BCUT2D eigenvalue weighted by Crippen LogP contribution is 2.55. The normalized spacial score (nSPS) is 20.4. The molecule has 1 aliphatic carbocycles. The molecule has 0 amide bonds. The van der Waals surface area contributed by atoms with Crippen LogP contribution in [0.15, 0.2) is 12.1 Å². The SMILES string of the molecule is COc1ccc2c(c1C1(O)CC1)OCCO2. The quantitative estimate of drug-likeness (QED) is 0.822. The summed E-state index contributed by atoms with van der Waals surface area (Å²) in [5.41, 5.74) is -0.0376.